The van der Waals surface area contributed by atoms with Gasteiger partial charge in [-0.25, -0.2) is 0 Å². The second-order valence-corrected chi connectivity index (χ2v) is 3.39. The van der Waals surface area contributed by atoms with Crippen molar-refractivity contribution in [1.29, 1.82) is 0 Å². The molecule has 0 aliphatic rings. The third-order valence-corrected chi connectivity index (χ3v) is 2.01. The standard InChI is InChI=1S/C7H7IN2O2/c1-4(11)10-6-3-9-2-5(8)7(6)12/h2-3H,1H3,(H,9,12)(H,10,11). The van der Waals surface area contributed by atoms with Crippen LogP contribution >= 0.6 is 22.6 Å². The highest BCUT2D eigenvalue weighted by Crippen LogP contribution is 2.01. The first-order valence-electron chi connectivity index (χ1n) is 3.25. The maximum Gasteiger partial charge on any atom is 0.221 e. The van der Waals surface area contributed by atoms with Crippen LogP contribution in [-0.4, -0.2) is 10.9 Å². The van der Waals surface area contributed by atoms with Crippen LogP contribution in [-0.2, 0) is 4.79 Å². The van der Waals surface area contributed by atoms with Crippen molar-refractivity contribution in [2.75, 3.05) is 5.32 Å². The average molecular weight is 278 g/mol. The number of hydrogen-bond donors (Lipinski definition) is 2. The SMILES string of the molecule is CC(=O)Nc1c[nH]cc(I)c1=O. The van der Waals surface area contributed by atoms with E-state index in [2.05, 4.69) is 10.3 Å². The monoisotopic (exact) mass is 278 g/mol. The predicted octanol–water partition coefficient (Wildman–Crippen LogP) is 0.938. The first-order chi connectivity index (χ1) is 5.61. The normalized spacial score (nSPS) is 9.50. The molecule has 0 aromatic carbocycles. The molecule has 0 aliphatic heterocycles. The number of aromatic amines is 1. The lowest BCUT2D eigenvalue weighted by Gasteiger charge is -1.99. The van der Waals surface area contributed by atoms with Crippen molar-refractivity contribution in [3.63, 3.8) is 0 Å². The molecule has 0 bridgehead atoms. The summed E-state index contributed by atoms with van der Waals surface area (Å²) in [5.74, 6) is -0.248. The van der Waals surface area contributed by atoms with Gasteiger partial charge in [-0.1, -0.05) is 0 Å². The van der Waals surface area contributed by atoms with E-state index in [1.807, 2.05) is 22.6 Å². The van der Waals surface area contributed by atoms with Gasteiger partial charge in [0.05, 0.1) is 3.57 Å². The minimum atomic E-state index is -0.248. The Morgan fingerprint density at radius 2 is 2.25 bits per heavy atom. The Labute approximate surface area is 82.5 Å². The van der Waals surface area contributed by atoms with E-state index in [0.717, 1.165) is 0 Å². The first kappa shape index (κ1) is 9.24. The predicted molar refractivity (Wildman–Crippen MR) is 54.1 cm³/mol. The summed E-state index contributed by atoms with van der Waals surface area (Å²) in [6.45, 7) is 1.36. The lowest BCUT2D eigenvalue weighted by atomic mass is 10.4. The lowest BCUT2D eigenvalue weighted by molar-refractivity contribution is -0.114. The van der Waals surface area contributed by atoms with Crippen LogP contribution in [0, 0.1) is 3.57 Å². The number of nitrogens with one attached hydrogen (secondary N) is 2. The molecule has 1 aromatic heterocycles. The Morgan fingerprint density at radius 3 is 2.83 bits per heavy atom. The zero-order valence-corrected chi connectivity index (χ0v) is 8.51. The Bertz CT molecular complexity index is 359. The van der Waals surface area contributed by atoms with Crippen LogP contribution in [0.25, 0.3) is 0 Å². The summed E-state index contributed by atoms with van der Waals surface area (Å²) in [6.07, 6.45) is 3.04. The highest BCUT2D eigenvalue weighted by atomic mass is 127. The summed E-state index contributed by atoms with van der Waals surface area (Å²) in [7, 11) is 0. The van der Waals surface area contributed by atoms with E-state index < -0.39 is 0 Å². The molecule has 0 fully saturated rings. The van der Waals surface area contributed by atoms with Gasteiger partial charge in [-0.15, -0.1) is 0 Å². The molecule has 1 heterocycles. The Morgan fingerprint density at radius 1 is 1.58 bits per heavy atom. The zero-order valence-electron chi connectivity index (χ0n) is 6.35. The Kier molecular flexibility index (Phi) is 2.85. The highest BCUT2D eigenvalue weighted by molar-refractivity contribution is 14.1. The topological polar surface area (TPSA) is 62.0 Å². The molecule has 5 heteroatoms. The summed E-state index contributed by atoms with van der Waals surface area (Å²) in [4.78, 5) is 24.6. The van der Waals surface area contributed by atoms with Gasteiger partial charge in [0.15, 0.2) is 0 Å². The molecular weight excluding hydrogens is 271 g/mol. The van der Waals surface area contributed by atoms with Crippen molar-refractivity contribution in [2.24, 2.45) is 0 Å². The van der Waals surface area contributed by atoms with Crippen molar-refractivity contribution in [3.8, 4) is 0 Å². The smallest absolute Gasteiger partial charge is 0.221 e. The molecule has 4 nitrogen and oxygen atoms in total. The largest absolute Gasteiger partial charge is 0.365 e. The van der Waals surface area contributed by atoms with Crippen molar-refractivity contribution in [3.05, 3.63) is 26.2 Å². The third-order valence-electron chi connectivity index (χ3n) is 1.21. The number of aromatic nitrogens is 1. The van der Waals surface area contributed by atoms with Gasteiger partial charge in [0, 0.05) is 19.3 Å². The number of pyridine rings is 1. The fourth-order valence-corrected chi connectivity index (χ4v) is 1.21. The number of rotatable bonds is 1. The highest BCUT2D eigenvalue weighted by Gasteiger charge is 2.02. The molecule has 2 N–H and O–H groups in total. The quantitative estimate of drug-likeness (QED) is 0.751. The summed E-state index contributed by atoms with van der Waals surface area (Å²) in [5.41, 5.74) is 0.124. The molecule has 1 aromatic rings. The van der Waals surface area contributed by atoms with Gasteiger partial charge < -0.3 is 10.3 Å². The second-order valence-electron chi connectivity index (χ2n) is 2.23. The maximum atomic E-state index is 11.3. The number of carbonyl (C=O) groups is 1. The molecule has 0 atom stereocenters. The molecule has 0 unspecified atom stereocenters. The summed E-state index contributed by atoms with van der Waals surface area (Å²) < 4.78 is 0.554. The van der Waals surface area contributed by atoms with E-state index in [0.29, 0.717) is 3.57 Å². The van der Waals surface area contributed by atoms with Gasteiger partial charge in [-0.05, 0) is 22.6 Å². The van der Waals surface area contributed by atoms with E-state index >= 15 is 0 Å². The molecule has 1 rings (SSSR count). The molecular formula is C7H7IN2O2. The van der Waals surface area contributed by atoms with Gasteiger partial charge in [-0.2, -0.15) is 0 Å². The van der Waals surface area contributed by atoms with E-state index in [1.165, 1.54) is 13.1 Å². The van der Waals surface area contributed by atoms with Crippen LogP contribution in [0.4, 0.5) is 5.69 Å². The number of amides is 1. The summed E-state index contributed by atoms with van der Waals surface area (Å²) in [5, 5.41) is 2.43. The van der Waals surface area contributed by atoms with Crippen molar-refractivity contribution in [1.82, 2.24) is 4.98 Å². The van der Waals surface area contributed by atoms with Crippen LogP contribution in [0.1, 0.15) is 6.92 Å². The summed E-state index contributed by atoms with van der Waals surface area (Å²) in [6, 6.07) is 0. The van der Waals surface area contributed by atoms with Crippen LogP contribution in [0.3, 0.4) is 0 Å². The number of carbonyl (C=O) groups excluding carboxylic acids is 1. The molecule has 12 heavy (non-hydrogen) atoms. The fourth-order valence-electron chi connectivity index (χ4n) is 0.740. The first-order valence-corrected chi connectivity index (χ1v) is 4.33. The van der Waals surface area contributed by atoms with E-state index in [4.69, 9.17) is 0 Å². The molecule has 0 spiro atoms. The second kappa shape index (κ2) is 3.70. The van der Waals surface area contributed by atoms with Gasteiger partial charge in [-0.3, -0.25) is 9.59 Å². The van der Waals surface area contributed by atoms with E-state index in [1.54, 1.807) is 6.20 Å². The molecule has 1 amide bonds. The van der Waals surface area contributed by atoms with Gasteiger partial charge in [0.25, 0.3) is 0 Å². The van der Waals surface area contributed by atoms with Gasteiger partial charge in [0.2, 0.25) is 11.3 Å². The van der Waals surface area contributed by atoms with Crippen molar-refractivity contribution in [2.45, 2.75) is 6.92 Å². The average Bonchev–Trinajstić information content (AvgIpc) is 1.98. The molecule has 0 radical (unpaired) electrons. The van der Waals surface area contributed by atoms with Crippen LogP contribution in [0.5, 0.6) is 0 Å². The Hall–Kier alpha value is -0.850. The molecule has 0 saturated heterocycles. The van der Waals surface area contributed by atoms with Crippen LogP contribution < -0.4 is 10.7 Å². The van der Waals surface area contributed by atoms with Crippen LogP contribution in [0.15, 0.2) is 17.2 Å². The minimum absolute atomic E-state index is 0.162. The third kappa shape index (κ3) is 2.07. The maximum absolute atomic E-state index is 11.3. The molecule has 0 saturated carbocycles. The minimum Gasteiger partial charge on any atom is -0.365 e. The fraction of sp³-hybridized carbons (Fsp3) is 0.143. The lowest BCUT2D eigenvalue weighted by Crippen LogP contribution is -2.17. The number of H-pyrrole nitrogens is 1. The zero-order chi connectivity index (χ0) is 9.14. The number of halogens is 1. The van der Waals surface area contributed by atoms with Gasteiger partial charge in [0.1, 0.15) is 5.69 Å². The molecule has 64 valence electrons. The Balaban J connectivity index is 3.09. The summed E-state index contributed by atoms with van der Waals surface area (Å²) >= 11 is 1.90. The molecule has 0 aliphatic carbocycles. The number of hydrogen-bond acceptors (Lipinski definition) is 2. The van der Waals surface area contributed by atoms with Crippen molar-refractivity contribution >= 4 is 34.2 Å². The number of anilines is 1. The van der Waals surface area contributed by atoms with Crippen LogP contribution in [0.2, 0.25) is 0 Å². The van der Waals surface area contributed by atoms with E-state index in [-0.39, 0.29) is 17.0 Å². The van der Waals surface area contributed by atoms with Crippen molar-refractivity contribution < 1.29 is 4.79 Å². The van der Waals surface area contributed by atoms with Gasteiger partial charge >= 0.3 is 0 Å². The van der Waals surface area contributed by atoms with E-state index in [9.17, 15) is 9.59 Å².